The fourth-order valence-electron chi connectivity index (χ4n) is 1.53. The number of hydrogen-bond acceptors (Lipinski definition) is 4. The molecule has 0 saturated heterocycles. The van der Waals surface area contributed by atoms with E-state index in [-0.39, 0.29) is 21.9 Å². The van der Waals surface area contributed by atoms with Gasteiger partial charge in [0.2, 0.25) is 0 Å². The van der Waals surface area contributed by atoms with Crippen LogP contribution in [0.1, 0.15) is 21.1 Å². The summed E-state index contributed by atoms with van der Waals surface area (Å²) in [6.07, 6.45) is 0. The maximum Gasteiger partial charge on any atom is 0.275 e. The number of carbonyl (C=O) groups excluding carboxylic acids is 1. The van der Waals surface area contributed by atoms with Crippen LogP contribution in [0.3, 0.4) is 0 Å². The molecule has 0 spiro atoms. The van der Waals surface area contributed by atoms with Gasteiger partial charge in [-0.2, -0.15) is 0 Å². The zero-order valence-corrected chi connectivity index (χ0v) is 11.6. The molecule has 2 rings (SSSR count). The Balaban J connectivity index is 2.31. The number of thiazole rings is 1. The Kier molecular flexibility index (Phi) is 3.87. The number of amides is 1. The standard InChI is InChI=1S/C12H10FN3OS2/c1-6-15-9(5-19-6)12(17)16-8-4-2-3-7(13)10(8)11(14)18/h2-5H,1H3,(H2,14,18)(H,16,17). The minimum absolute atomic E-state index is 0.0257. The average Bonchev–Trinajstić information content (AvgIpc) is 2.75. The number of aryl methyl sites for hydroxylation is 1. The lowest BCUT2D eigenvalue weighted by Gasteiger charge is -2.09. The van der Waals surface area contributed by atoms with Gasteiger partial charge in [-0.15, -0.1) is 11.3 Å². The van der Waals surface area contributed by atoms with Crippen LogP contribution in [-0.2, 0) is 0 Å². The quantitative estimate of drug-likeness (QED) is 0.854. The van der Waals surface area contributed by atoms with Crippen LogP contribution >= 0.6 is 23.6 Å². The van der Waals surface area contributed by atoms with E-state index in [1.807, 2.05) is 0 Å². The van der Waals surface area contributed by atoms with Crippen molar-refractivity contribution in [2.45, 2.75) is 6.92 Å². The summed E-state index contributed by atoms with van der Waals surface area (Å²) in [5.41, 5.74) is 6.00. The Morgan fingerprint density at radius 3 is 2.84 bits per heavy atom. The summed E-state index contributed by atoms with van der Waals surface area (Å²) in [5, 5.41) is 4.97. The first-order chi connectivity index (χ1) is 8.99. The number of nitrogens with zero attached hydrogens (tertiary/aromatic N) is 1. The van der Waals surface area contributed by atoms with E-state index in [4.69, 9.17) is 18.0 Å². The van der Waals surface area contributed by atoms with E-state index < -0.39 is 11.7 Å². The molecule has 2 aromatic rings. The zero-order chi connectivity index (χ0) is 14.0. The third-order valence-corrected chi connectivity index (χ3v) is 3.34. The van der Waals surface area contributed by atoms with Crippen LogP contribution in [-0.4, -0.2) is 15.9 Å². The molecule has 4 nitrogen and oxygen atoms in total. The Bertz CT molecular complexity index is 654. The molecular formula is C12H10FN3OS2. The molecule has 0 fully saturated rings. The lowest BCUT2D eigenvalue weighted by Crippen LogP contribution is -2.19. The number of carbonyl (C=O) groups is 1. The van der Waals surface area contributed by atoms with Gasteiger partial charge in [0.1, 0.15) is 16.5 Å². The summed E-state index contributed by atoms with van der Waals surface area (Å²) in [5.74, 6) is -0.993. The van der Waals surface area contributed by atoms with E-state index >= 15 is 0 Å². The normalized spacial score (nSPS) is 10.2. The van der Waals surface area contributed by atoms with E-state index in [9.17, 15) is 9.18 Å². The molecule has 1 amide bonds. The van der Waals surface area contributed by atoms with Gasteiger partial charge < -0.3 is 11.1 Å². The van der Waals surface area contributed by atoms with Crippen LogP contribution in [0, 0.1) is 12.7 Å². The topological polar surface area (TPSA) is 68.0 Å². The minimum Gasteiger partial charge on any atom is -0.389 e. The van der Waals surface area contributed by atoms with Crippen LogP contribution in [0.5, 0.6) is 0 Å². The first-order valence-electron chi connectivity index (χ1n) is 5.31. The first kappa shape index (κ1) is 13.6. The van der Waals surface area contributed by atoms with Crippen LogP contribution in [0.2, 0.25) is 0 Å². The van der Waals surface area contributed by atoms with Gasteiger partial charge in [0.05, 0.1) is 16.3 Å². The van der Waals surface area contributed by atoms with E-state index in [1.165, 1.54) is 29.5 Å². The highest BCUT2D eigenvalue weighted by Gasteiger charge is 2.15. The second kappa shape index (κ2) is 5.41. The summed E-state index contributed by atoms with van der Waals surface area (Å²) in [6.45, 7) is 1.80. The molecule has 0 aliphatic heterocycles. The molecule has 0 aliphatic carbocycles. The molecule has 7 heteroatoms. The molecule has 0 unspecified atom stereocenters. The van der Waals surface area contributed by atoms with Crippen molar-refractivity contribution in [3.8, 4) is 0 Å². The summed E-state index contributed by atoms with van der Waals surface area (Å²) < 4.78 is 13.6. The van der Waals surface area contributed by atoms with Crippen molar-refractivity contribution in [2.24, 2.45) is 5.73 Å². The predicted octanol–water partition coefficient (Wildman–Crippen LogP) is 2.48. The largest absolute Gasteiger partial charge is 0.389 e. The Hall–Kier alpha value is -1.86. The number of benzene rings is 1. The van der Waals surface area contributed by atoms with E-state index in [1.54, 1.807) is 12.3 Å². The molecule has 0 atom stereocenters. The molecule has 3 N–H and O–H groups in total. The lowest BCUT2D eigenvalue weighted by molar-refractivity contribution is 0.102. The number of hydrogen-bond donors (Lipinski definition) is 2. The Morgan fingerprint density at radius 2 is 2.26 bits per heavy atom. The number of rotatable bonds is 3. The van der Waals surface area contributed by atoms with Gasteiger partial charge >= 0.3 is 0 Å². The van der Waals surface area contributed by atoms with Gasteiger partial charge in [-0.25, -0.2) is 9.37 Å². The third-order valence-electron chi connectivity index (χ3n) is 2.36. The van der Waals surface area contributed by atoms with Gasteiger partial charge in [0, 0.05) is 5.38 Å². The fourth-order valence-corrected chi connectivity index (χ4v) is 2.33. The molecular weight excluding hydrogens is 285 g/mol. The summed E-state index contributed by atoms with van der Waals surface area (Å²) >= 11 is 6.14. The highest BCUT2D eigenvalue weighted by atomic mass is 32.1. The molecule has 1 heterocycles. The molecule has 98 valence electrons. The van der Waals surface area contributed by atoms with Crippen molar-refractivity contribution in [2.75, 3.05) is 5.32 Å². The molecule has 0 bridgehead atoms. The summed E-state index contributed by atoms with van der Waals surface area (Å²) in [7, 11) is 0. The monoisotopic (exact) mass is 295 g/mol. The second-order valence-electron chi connectivity index (χ2n) is 3.73. The number of nitrogens with one attached hydrogen (secondary N) is 1. The molecule has 19 heavy (non-hydrogen) atoms. The van der Waals surface area contributed by atoms with Crippen molar-refractivity contribution >= 4 is 40.1 Å². The smallest absolute Gasteiger partial charge is 0.275 e. The minimum atomic E-state index is -0.570. The highest BCUT2D eigenvalue weighted by molar-refractivity contribution is 7.80. The van der Waals surface area contributed by atoms with Crippen molar-refractivity contribution in [1.29, 1.82) is 0 Å². The van der Waals surface area contributed by atoms with Crippen molar-refractivity contribution in [1.82, 2.24) is 4.98 Å². The second-order valence-corrected chi connectivity index (χ2v) is 5.23. The van der Waals surface area contributed by atoms with Crippen molar-refractivity contribution in [3.63, 3.8) is 0 Å². The molecule has 0 aliphatic rings. The van der Waals surface area contributed by atoms with Gasteiger partial charge in [0.15, 0.2) is 0 Å². The molecule has 0 radical (unpaired) electrons. The van der Waals surface area contributed by atoms with Gasteiger partial charge in [-0.1, -0.05) is 18.3 Å². The number of anilines is 1. The molecule has 1 aromatic carbocycles. The number of aromatic nitrogens is 1. The van der Waals surface area contributed by atoms with E-state index in [0.717, 1.165) is 5.01 Å². The van der Waals surface area contributed by atoms with E-state index in [0.29, 0.717) is 0 Å². The average molecular weight is 295 g/mol. The van der Waals surface area contributed by atoms with Crippen LogP contribution in [0.4, 0.5) is 10.1 Å². The fraction of sp³-hybridized carbons (Fsp3) is 0.0833. The van der Waals surface area contributed by atoms with Crippen molar-refractivity contribution < 1.29 is 9.18 Å². The van der Waals surface area contributed by atoms with Gasteiger partial charge in [0.25, 0.3) is 5.91 Å². The van der Waals surface area contributed by atoms with E-state index in [2.05, 4.69) is 10.3 Å². The Morgan fingerprint density at radius 1 is 1.53 bits per heavy atom. The number of nitrogens with two attached hydrogens (primary N) is 1. The van der Waals surface area contributed by atoms with Gasteiger partial charge in [-0.3, -0.25) is 4.79 Å². The lowest BCUT2D eigenvalue weighted by atomic mass is 10.1. The van der Waals surface area contributed by atoms with Crippen LogP contribution < -0.4 is 11.1 Å². The summed E-state index contributed by atoms with van der Waals surface area (Å²) in [4.78, 5) is 15.9. The van der Waals surface area contributed by atoms with Crippen LogP contribution in [0.25, 0.3) is 0 Å². The summed E-state index contributed by atoms with van der Waals surface area (Å²) in [6, 6.07) is 4.24. The Labute approximate surface area is 118 Å². The zero-order valence-electron chi connectivity index (χ0n) is 9.94. The third kappa shape index (κ3) is 2.94. The van der Waals surface area contributed by atoms with Gasteiger partial charge in [-0.05, 0) is 19.1 Å². The maximum absolute atomic E-state index is 13.6. The van der Waals surface area contributed by atoms with Crippen LogP contribution in [0.15, 0.2) is 23.6 Å². The maximum atomic E-state index is 13.6. The van der Waals surface area contributed by atoms with Crippen molar-refractivity contribution in [3.05, 3.63) is 45.7 Å². The first-order valence-corrected chi connectivity index (χ1v) is 6.59. The molecule has 0 saturated carbocycles. The highest BCUT2D eigenvalue weighted by Crippen LogP contribution is 2.20. The number of halogens is 1. The predicted molar refractivity (Wildman–Crippen MR) is 77.1 cm³/mol. The number of thiocarbonyl (C=S) groups is 1. The molecule has 1 aromatic heterocycles. The SMILES string of the molecule is Cc1nc(C(=O)Nc2cccc(F)c2C(N)=S)cs1.